The quantitative estimate of drug-likeness (QED) is 0.627. The topological polar surface area (TPSA) is 39.2 Å². The van der Waals surface area contributed by atoms with Crippen LogP contribution >= 0.6 is 27.3 Å². The summed E-state index contributed by atoms with van der Waals surface area (Å²) in [5.41, 5.74) is -1.16. The second-order valence-corrected chi connectivity index (χ2v) is 4.82. The summed E-state index contributed by atoms with van der Waals surface area (Å²) in [6.07, 6.45) is -4.30. The number of rotatable bonds is 4. The summed E-state index contributed by atoms with van der Waals surface area (Å²) in [7, 11) is 0. The van der Waals surface area contributed by atoms with Crippen molar-refractivity contribution in [1.82, 2.24) is 4.98 Å². The van der Waals surface area contributed by atoms with Gasteiger partial charge in [0, 0.05) is 11.8 Å². The van der Waals surface area contributed by atoms with Crippen LogP contribution in [0.15, 0.2) is 0 Å². The van der Waals surface area contributed by atoms with Gasteiger partial charge >= 0.3 is 12.1 Å². The minimum Gasteiger partial charge on any atom is -0.462 e. The Kier molecular flexibility index (Phi) is 4.93. The molecule has 0 bridgehead atoms. The van der Waals surface area contributed by atoms with E-state index in [1.165, 1.54) is 6.92 Å². The number of esters is 1. The molecule has 0 N–H and O–H groups in total. The Labute approximate surface area is 108 Å². The zero-order valence-electron chi connectivity index (χ0n) is 8.81. The fourth-order valence-corrected chi connectivity index (χ4v) is 2.69. The highest BCUT2D eigenvalue weighted by molar-refractivity contribution is 9.09. The van der Waals surface area contributed by atoms with Crippen LogP contribution < -0.4 is 0 Å². The number of thiazole rings is 1. The van der Waals surface area contributed by atoms with Gasteiger partial charge in [-0.1, -0.05) is 15.9 Å². The highest BCUT2D eigenvalue weighted by Crippen LogP contribution is 2.35. The summed E-state index contributed by atoms with van der Waals surface area (Å²) in [5, 5.41) is 0.748. The molecule has 0 radical (unpaired) electrons. The van der Waals surface area contributed by atoms with Crippen molar-refractivity contribution in [3.8, 4) is 0 Å². The van der Waals surface area contributed by atoms with Crippen LogP contribution in [0.3, 0.4) is 0 Å². The monoisotopic (exact) mass is 331 g/mol. The largest absolute Gasteiger partial charge is 0.462 e. The Morgan fingerprint density at radius 2 is 2.18 bits per heavy atom. The highest BCUT2D eigenvalue weighted by atomic mass is 79.9. The van der Waals surface area contributed by atoms with E-state index in [1.54, 1.807) is 0 Å². The lowest BCUT2D eigenvalue weighted by molar-refractivity contribution is -0.141. The summed E-state index contributed by atoms with van der Waals surface area (Å²) < 4.78 is 42.5. The van der Waals surface area contributed by atoms with Gasteiger partial charge in [-0.2, -0.15) is 13.2 Å². The summed E-state index contributed by atoms with van der Waals surface area (Å²) in [4.78, 5) is 14.3. The van der Waals surface area contributed by atoms with Gasteiger partial charge in [-0.3, -0.25) is 0 Å². The number of ether oxygens (including phenoxy) is 1. The third-order valence-electron chi connectivity index (χ3n) is 1.71. The zero-order chi connectivity index (χ0) is 13.1. The molecule has 0 aliphatic carbocycles. The smallest absolute Gasteiger partial charge is 0.435 e. The molecule has 0 saturated heterocycles. The van der Waals surface area contributed by atoms with Gasteiger partial charge < -0.3 is 4.74 Å². The fraction of sp³-hybridized carbons (Fsp3) is 0.556. The molecular formula is C9H9BrF3NO2S. The average Bonchev–Trinajstić information content (AvgIpc) is 2.62. The molecule has 1 heterocycles. The summed E-state index contributed by atoms with van der Waals surface area (Å²) in [6, 6.07) is 0. The molecule has 96 valence electrons. The van der Waals surface area contributed by atoms with Gasteiger partial charge in [-0.15, -0.1) is 11.3 Å². The lowest BCUT2D eigenvalue weighted by Crippen LogP contribution is -2.13. The summed E-state index contributed by atoms with van der Waals surface area (Å²) in [5.74, 6) is -0.974. The van der Waals surface area contributed by atoms with E-state index in [4.69, 9.17) is 0 Å². The maximum absolute atomic E-state index is 12.6. The first kappa shape index (κ1) is 14.4. The van der Waals surface area contributed by atoms with E-state index in [-0.39, 0.29) is 11.6 Å². The number of halogens is 4. The third kappa shape index (κ3) is 3.67. The highest BCUT2D eigenvalue weighted by Gasteiger charge is 2.39. The van der Waals surface area contributed by atoms with Crippen LogP contribution in [0, 0.1) is 0 Å². The van der Waals surface area contributed by atoms with Crippen LogP contribution in [-0.2, 0) is 17.3 Å². The second-order valence-electron chi connectivity index (χ2n) is 2.94. The van der Waals surface area contributed by atoms with Crippen LogP contribution in [0.4, 0.5) is 13.2 Å². The molecule has 1 aromatic rings. The maximum Gasteiger partial charge on any atom is 0.435 e. The molecule has 17 heavy (non-hydrogen) atoms. The Hall–Kier alpha value is -0.630. The predicted molar refractivity (Wildman–Crippen MR) is 60.6 cm³/mol. The molecule has 0 spiro atoms. The van der Waals surface area contributed by atoms with Crippen LogP contribution in [-0.4, -0.2) is 22.9 Å². The van der Waals surface area contributed by atoms with Crippen molar-refractivity contribution in [2.45, 2.75) is 19.5 Å². The Morgan fingerprint density at radius 3 is 2.65 bits per heavy atom. The number of hydrogen-bond donors (Lipinski definition) is 0. The van der Waals surface area contributed by atoms with E-state index in [1.807, 2.05) is 0 Å². The molecule has 1 aromatic heterocycles. The SMILES string of the molecule is CCOC(=O)c1sc(CCBr)nc1C(F)(F)F. The van der Waals surface area contributed by atoms with Crippen LogP contribution in [0.25, 0.3) is 0 Å². The molecule has 8 heteroatoms. The minimum atomic E-state index is -4.64. The molecular weight excluding hydrogens is 323 g/mol. The van der Waals surface area contributed by atoms with E-state index in [2.05, 4.69) is 25.7 Å². The predicted octanol–water partition coefficient (Wildman–Crippen LogP) is 3.28. The molecule has 0 aliphatic rings. The van der Waals surface area contributed by atoms with Crippen molar-refractivity contribution in [3.05, 3.63) is 15.6 Å². The van der Waals surface area contributed by atoms with E-state index in [9.17, 15) is 18.0 Å². The number of aromatic nitrogens is 1. The lowest BCUT2D eigenvalue weighted by Gasteiger charge is -2.05. The molecule has 0 fully saturated rings. The van der Waals surface area contributed by atoms with Crippen LogP contribution in [0.5, 0.6) is 0 Å². The van der Waals surface area contributed by atoms with Crippen molar-refractivity contribution >= 4 is 33.2 Å². The Balaban J connectivity index is 3.12. The van der Waals surface area contributed by atoms with E-state index < -0.39 is 22.7 Å². The Bertz CT molecular complexity index is 405. The maximum atomic E-state index is 12.6. The number of alkyl halides is 4. The van der Waals surface area contributed by atoms with Crippen molar-refractivity contribution in [1.29, 1.82) is 0 Å². The van der Waals surface area contributed by atoms with Crippen LogP contribution in [0.1, 0.15) is 27.3 Å². The van der Waals surface area contributed by atoms with E-state index in [0.29, 0.717) is 11.8 Å². The number of nitrogens with zero attached hydrogens (tertiary/aromatic N) is 1. The number of aryl methyl sites for hydroxylation is 1. The first-order valence-electron chi connectivity index (χ1n) is 4.70. The molecule has 0 atom stereocenters. The minimum absolute atomic E-state index is 0.0296. The van der Waals surface area contributed by atoms with Gasteiger partial charge in [0.05, 0.1) is 11.6 Å². The van der Waals surface area contributed by atoms with Crippen molar-refractivity contribution < 1.29 is 22.7 Å². The van der Waals surface area contributed by atoms with E-state index in [0.717, 1.165) is 11.3 Å². The van der Waals surface area contributed by atoms with Gasteiger partial charge in [-0.25, -0.2) is 9.78 Å². The molecule has 0 aliphatic heterocycles. The van der Waals surface area contributed by atoms with Crippen LogP contribution in [0.2, 0.25) is 0 Å². The average molecular weight is 332 g/mol. The molecule has 0 saturated carbocycles. The lowest BCUT2D eigenvalue weighted by atomic mass is 10.3. The van der Waals surface area contributed by atoms with Crippen molar-refractivity contribution in [3.63, 3.8) is 0 Å². The first-order chi connectivity index (χ1) is 7.90. The number of hydrogen-bond acceptors (Lipinski definition) is 4. The van der Waals surface area contributed by atoms with E-state index >= 15 is 0 Å². The van der Waals surface area contributed by atoms with Gasteiger partial charge in [0.25, 0.3) is 0 Å². The standard InChI is InChI=1S/C9H9BrF3NO2S/c1-2-16-8(15)6-7(9(11,12)13)14-5(17-6)3-4-10/h2-4H2,1H3. The normalized spacial score (nSPS) is 11.6. The van der Waals surface area contributed by atoms with Gasteiger partial charge in [0.1, 0.15) is 4.88 Å². The summed E-state index contributed by atoms with van der Waals surface area (Å²) in [6.45, 7) is 1.56. The first-order valence-corrected chi connectivity index (χ1v) is 6.64. The molecule has 0 aromatic carbocycles. The van der Waals surface area contributed by atoms with Gasteiger partial charge in [-0.05, 0) is 6.92 Å². The number of carbonyl (C=O) groups is 1. The molecule has 0 unspecified atom stereocenters. The second kappa shape index (κ2) is 5.81. The molecule has 3 nitrogen and oxygen atoms in total. The van der Waals surface area contributed by atoms with Gasteiger partial charge in [0.2, 0.25) is 0 Å². The molecule has 1 rings (SSSR count). The zero-order valence-corrected chi connectivity index (χ0v) is 11.2. The van der Waals surface area contributed by atoms with Crippen molar-refractivity contribution in [2.75, 3.05) is 11.9 Å². The number of carbonyl (C=O) groups excluding carboxylic acids is 1. The third-order valence-corrected chi connectivity index (χ3v) is 3.20. The molecule has 0 amide bonds. The van der Waals surface area contributed by atoms with Crippen molar-refractivity contribution in [2.24, 2.45) is 0 Å². The fourth-order valence-electron chi connectivity index (χ4n) is 1.08. The summed E-state index contributed by atoms with van der Waals surface area (Å²) >= 11 is 3.83. The Morgan fingerprint density at radius 1 is 1.53 bits per heavy atom. The van der Waals surface area contributed by atoms with Gasteiger partial charge in [0.15, 0.2) is 5.69 Å².